The number of hydrogen-bond donors (Lipinski definition) is 1. The number of amides is 4. The molecule has 202 valence electrons. The van der Waals surface area contributed by atoms with Crippen LogP contribution in [0, 0.1) is 11.3 Å². The van der Waals surface area contributed by atoms with Crippen molar-refractivity contribution in [2.75, 3.05) is 13.2 Å². The van der Waals surface area contributed by atoms with Crippen LogP contribution in [-0.4, -0.2) is 63.6 Å². The monoisotopic (exact) mass is 529 g/mol. The van der Waals surface area contributed by atoms with Crippen molar-refractivity contribution < 1.29 is 23.9 Å². The maximum Gasteiger partial charge on any atom is 0.255 e. The number of carbonyl (C=O) groups excluding carboxylic acids is 4. The average Bonchev–Trinajstić information content (AvgIpc) is 3.27. The Morgan fingerprint density at radius 1 is 1.18 bits per heavy atom. The first-order chi connectivity index (χ1) is 18.7. The standard InChI is InChI=1S/C29H31N5O5/c1-29(2,17-30)24-14-18(10-11-31-24)27(37)33-12-4-3-5-20(33)16-39-21-6-7-22-19(13-21)15-34(28(22)38)23-8-9-25(35)32-26(23)36/h6-7,10-11,13-14,20,23H,3-5,8-9,12,15-16H2,1-2H3,(H,32,35,36)/t20-,23?/m1/s1. The van der Waals surface area contributed by atoms with Gasteiger partial charge in [0, 0.05) is 36.8 Å². The van der Waals surface area contributed by atoms with Crippen molar-refractivity contribution >= 4 is 23.6 Å². The van der Waals surface area contributed by atoms with E-state index >= 15 is 0 Å². The van der Waals surface area contributed by atoms with Crippen molar-refractivity contribution in [2.24, 2.45) is 0 Å². The number of ether oxygens (including phenoxy) is 1. The van der Waals surface area contributed by atoms with Crippen LogP contribution in [0.25, 0.3) is 0 Å². The Bertz CT molecular complexity index is 1380. The Hall–Kier alpha value is -4.26. The summed E-state index contributed by atoms with van der Waals surface area (Å²) in [7, 11) is 0. The molecule has 0 radical (unpaired) electrons. The number of nitrogens with zero attached hydrogens (tertiary/aromatic N) is 4. The molecule has 1 unspecified atom stereocenters. The molecule has 0 aliphatic carbocycles. The summed E-state index contributed by atoms with van der Waals surface area (Å²) >= 11 is 0. The zero-order valence-corrected chi connectivity index (χ0v) is 22.1. The van der Waals surface area contributed by atoms with E-state index in [-0.39, 0.29) is 36.7 Å². The molecular formula is C29H31N5O5. The number of hydrogen-bond acceptors (Lipinski definition) is 7. The predicted molar refractivity (Wildman–Crippen MR) is 140 cm³/mol. The second-order valence-corrected chi connectivity index (χ2v) is 10.8. The number of nitriles is 1. The number of pyridine rings is 1. The minimum Gasteiger partial charge on any atom is -0.491 e. The summed E-state index contributed by atoms with van der Waals surface area (Å²) in [6.07, 6.45) is 4.78. The summed E-state index contributed by atoms with van der Waals surface area (Å²) < 4.78 is 6.13. The number of benzene rings is 1. The van der Waals surface area contributed by atoms with E-state index in [1.54, 1.807) is 44.3 Å². The summed E-state index contributed by atoms with van der Waals surface area (Å²) in [5.41, 5.74) is 1.54. The molecule has 0 bridgehead atoms. The molecule has 2 saturated heterocycles. The number of nitrogens with one attached hydrogen (secondary N) is 1. The van der Waals surface area contributed by atoms with E-state index in [9.17, 15) is 24.4 Å². The van der Waals surface area contributed by atoms with Gasteiger partial charge in [0.2, 0.25) is 11.8 Å². The van der Waals surface area contributed by atoms with Crippen molar-refractivity contribution in [1.29, 1.82) is 5.26 Å². The first kappa shape index (κ1) is 26.4. The largest absolute Gasteiger partial charge is 0.491 e. The van der Waals surface area contributed by atoms with Crippen molar-refractivity contribution in [1.82, 2.24) is 20.1 Å². The van der Waals surface area contributed by atoms with E-state index in [4.69, 9.17) is 4.74 Å². The van der Waals surface area contributed by atoms with Gasteiger partial charge in [-0.1, -0.05) is 0 Å². The third-order valence-corrected chi connectivity index (χ3v) is 7.75. The quantitative estimate of drug-likeness (QED) is 0.569. The lowest BCUT2D eigenvalue weighted by Crippen LogP contribution is -2.52. The van der Waals surface area contributed by atoms with Gasteiger partial charge in [0.15, 0.2) is 0 Å². The lowest BCUT2D eigenvalue weighted by molar-refractivity contribution is -0.136. The molecule has 2 atom stereocenters. The van der Waals surface area contributed by atoms with Crippen molar-refractivity contribution in [3.8, 4) is 11.8 Å². The van der Waals surface area contributed by atoms with Crippen molar-refractivity contribution in [3.63, 3.8) is 0 Å². The molecular weight excluding hydrogens is 498 g/mol. The van der Waals surface area contributed by atoms with E-state index in [1.807, 2.05) is 11.0 Å². The van der Waals surface area contributed by atoms with Crippen LogP contribution in [0.4, 0.5) is 0 Å². The summed E-state index contributed by atoms with van der Waals surface area (Å²) in [5, 5.41) is 11.8. The molecule has 3 aliphatic heterocycles. The van der Waals surface area contributed by atoms with Gasteiger partial charge in [0.1, 0.15) is 18.4 Å². The van der Waals surface area contributed by atoms with E-state index in [1.165, 1.54) is 4.90 Å². The Kier molecular flexibility index (Phi) is 7.08. The third-order valence-electron chi connectivity index (χ3n) is 7.75. The minimum atomic E-state index is -0.802. The maximum atomic E-state index is 13.5. The lowest BCUT2D eigenvalue weighted by Gasteiger charge is -2.35. The van der Waals surface area contributed by atoms with Gasteiger partial charge in [-0.15, -0.1) is 0 Å². The van der Waals surface area contributed by atoms with Gasteiger partial charge in [0.25, 0.3) is 11.8 Å². The van der Waals surface area contributed by atoms with Gasteiger partial charge in [-0.2, -0.15) is 5.26 Å². The highest BCUT2D eigenvalue weighted by atomic mass is 16.5. The van der Waals surface area contributed by atoms with Gasteiger partial charge >= 0.3 is 0 Å². The van der Waals surface area contributed by atoms with Crippen molar-refractivity contribution in [3.05, 3.63) is 58.9 Å². The highest BCUT2D eigenvalue weighted by Gasteiger charge is 2.39. The highest BCUT2D eigenvalue weighted by molar-refractivity contribution is 6.05. The van der Waals surface area contributed by atoms with Gasteiger partial charge in [0.05, 0.1) is 23.2 Å². The molecule has 0 spiro atoms. The van der Waals surface area contributed by atoms with E-state index in [2.05, 4.69) is 16.4 Å². The molecule has 1 aromatic carbocycles. The van der Waals surface area contributed by atoms with Crippen LogP contribution in [0.2, 0.25) is 0 Å². The summed E-state index contributed by atoms with van der Waals surface area (Å²) in [5.74, 6) is -0.511. The first-order valence-corrected chi connectivity index (χ1v) is 13.3. The molecule has 1 aromatic heterocycles. The van der Waals surface area contributed by atoms with Crippen LogP contribution in [0.3, 0.4) is 0 Å². The molecule has 1 N–H and O–H groups in total. The number of aromatic nitrogens is 1. The molecule has 2 fully saturated rings. The third kappa shape index (κ3) is 5.21. The lowest BCUT2D eigenvalue weighted by atomic mass is 9.90. The van der Waals surface area contributed by atoms with Crippen LogP contribution in [0.5, 0.6) is 5.75 Å². The zero-order valence-electron chi connectivity index (χ0n) is 22.1. The Balaban J connectivity index is 1.26. The fourth-order valence-electron chi connectivity index (χ4n) is 5.40. The van der Waals surface area contributed by atoms with E-state index < -0.39 is 17.4 Å². The molecule has 3 aliphatic rings. The van der Waals surface area contributed by atoms with Gasteiger partial charge in [-0.25, -0.2) is 0 Å². The van der Waals surface area contributed by atoms with Crippen LogP contribution in [0.15, 0.2) is 36.5 Å². The minimum absolute atomic E-state index is 0.111. The molecule has 0 saturated carbocycles. The summed E-state index contributed by atoms with van der Waals surface area (Å²) in [6, 6.07) is 10.1. The predicted octanol–water partition coefficient (Wildman–Crippen LogP) is 2.72. The molecule has 4 amide bonds. The molecule has 10 heteroatoms. The van der Waals surface area contributed by atoms with Crippen LogP contribution in [0.1, 0.15) is 77.9 Å². The van der Waals surface area contributed by atoms with Gasteiger partial charge in [-0.3, -0.25) is 29.5 Å². The fourth-order valence-corrected chi connectivity index (χ4v) is 5.40. The molecule has 5 rings (SSSR count). The smallest absolute Gasteiger partial charge is 0.255 e. The highest BCUT2D eigenvalue weighted by Crippen LogP contribution is 2.31. The first-order valence-electron chi connectivity index (χ1n) is 13.3. The van der Waals surface area contributed by atoms with Crippen LogP contribution in [-0.2, 0) is 21.5 Å². The number of fused-ring (bicyclic) bond motifs is 1. The normalized spacial score (nSPS) is 21.3. The number of likely N-dealkylation sites (tertiary alicyclic amines) is 1. The zero-order chi connectivity index (χ0) is 27.7. The number of rotatable bonds is 6. The number of imide groups is 1. The van der Waals surface area contributed by atoms with Crippen LogP contribution >= 0.6 is 0 Å². The van der Waals surface area contributed by atoms with E-state index in [0.717, 1.165) is 24.8 Å². The molecule has 4 heterocycles. The van der Waals surface area contributed by atoms with E-state index in [0.29, 0.717) is 42.1 Å². The Labute approximate surface area is 226 Å². The topological polar surface area (TPSA) is 133 Å². The number of carbonyl (C=O) groups is 4. The second kappa shape index (κ2) is 10.5. The summed E-state index contributed by atoms with van der Waals surface area (Å²) in [6.45, 7) is 4.74. The average molecular weight is 530 g/mol. The van der Waals surface area contributed by atoms with Gasteiger partial charge in [-0.05, 0) is 75.4 Å². The Morgan fingerprint density at radius 3 is 2.77 bits per heavy atom. The maximum absolute atomic E-state index is 13.5. The summed E-state index contributed by atoms with van der Waals surface area (Å²) in [4.78, 5) is 57.9. The number of piperidine rings is 2. The van der Waals surface area contributed by atoms with Crippen LogP contribution < -0.4 is 10.1 Å². The fraction of sp³-hybridized carbons (Fsp3) is 0.448. The molecule has 10 nitrogen and oxygen atoms in total. The van der Waals surface area contributed by atoms with Gasteiger partial charge < -0.3 is 14.5 Å². The SMILES string of the molecule is CC(C)(C#N)c1cc(C(=O)N2CCCC[C@@H]2COc2ccc3c(c2)CN(C2CCC(=O)NC2=O)C3=O)ccn1. The second-order valence-electron chi connectivity index (χ2n) is 10.8. The molecule has 2 aromatic rings. The van der Waals surface area contributed by atoms with Crippen molar-refractivity contribution in [2.45, 2.75) is 70.0 Å². The Morgan fingerprint density at radius 2 is 2.00 bits per heavy atom. The molecule has 39 heavy (non-hydrogen) atoms.